The Labute approximate surface area is 153 Å². The van der Waals surface area contributed by atoms with Gasteiger partial charge in [0, 0.05) is 5.02 Å². The summed E-state index contributed by atoms with van der Waals surface area (Å²) in [5, 5.41) is 0.641. The van der Waals surface area contributed by atoms with E-state index in [4.69, 9.17) is 16.3 Å². The van der Waals surface area contributed by atoms with E-state index < -0.39 is 5.91 Å². The van der Waals surface area contributed by atoms with E-state index in [1.54, 1.807) is 18.2 Å². The lowest BCUT2D eigenvalue weighted by Crippen LogP contribution is -2.45. The van der Waals surface area contributed by atoms with Crippen molar-refractivity contribution in [1.29, 1.82) is 0 Å². The number of hydrogen-bond donors (Lipinski definition) is 2. The maximum Gasteiger partial charge on any atom is 0.276 e. The smallest absolute Gasteiger partial charge is 0.276 e. The summed E-state index contributed by atoms with van der Waals surface area (Å²) in [5.74, 6) is 0.0157. The minimum absolute atomic E-state index is 0.0938. The standard InChI is InChI=1S/C19H25ClN2O3/c1-11(2)8-14-17(19(14,4)5)18(24)22-21-16(23)10-25-13-6-7-15(20)12(3)9-13/h6-9,14,17H,10H2,1-5H3,(H,21,23)(H,22,24). The number of allylic oxidation sites excluding steroid dienone is 2. The summed E-state index contributed by atoms with van der Waals surface area (Å²) in [5.41, 5.74) is 6.85. The fraction of sp³-hybridized carbons (Fsp3) is 0.474. The van der Waals surface area contributed by atoms with E-state index in [9.17, 15) is 9.59 Å². The molecule has 0 aliphatic heterocycles. The molecule has 5 nitrogen and oxygen atoms in total. The number of rotatable bonds is 5. The highest BCUT2D eigenvalue weighted by atomic mass is 35.5. The molecule has 2 unspecified atom stereocenters. The summed E-state index contributed by atoms with van der Waals surface area (Å²) in [7, 11) is 0. The predicted octanol–water partition coefficient (Wildman–Crippen LogP) is 3.41. The number of ether oxygens (including phenoxy) is 1. The molecule has 1 aromatic rings. The zero-order chi connectivity index (χ0) is 18.8. The van der Waals surface area contributed by atoms with Gasteiger partial charge in [0.25, 0.3) is 5.91 Å². The second-order valence-electron chi connectivity index (χ2n) is 7.31. The fourth-order valence-electron chi connectivity index (χ4n) is 2.95. The molecule has 2 rings (SSSR count). The summed E-state index contributed by atoms with van der Waals surface area (Å²) >= 11 is 5.94. The number of carbonyl (C=O) groups is 2. The third-order valence-electron chi connectivity index (χ3n) is 4.53. The molecule has 2 atom stereocenters. The lowest BCUT2D eigenvalue weighted by Gasteiger charge is -2.10. The van der Waals surface area contributed by atoms with Gasteiger partial charge in [-0.15, -0.1) is 0 Å². The van der Waals surface area contributed by atoms with Crippen molar-refractivity contribution in [1.82, 2.24) is 10.9 Å². The van der Waals surface area contributed by atoms with Crippen molar-refractivity contribution < 1.29 is 14.3 Å². The van der Waals surface area contributed by atoms with Crippen LogP contribution < -0.4 is 15.6 Å². The number of carbonyl (C=O) groups excluding carboxylic acids is 2. The van der Waals surface area contributed by atoms with E-state index >= 15 is 0 Å². The Kier molecular flexibility index (Phi) is 5.78. The van der Waals surface area contributed by atoms with Gasteiger partial charge in [-0.1, -0.05) is 37.1 Å². The molecule has 1 aliphatic rings. The molecule has 1 fully saturated rings. The van der Waals surface area contributed by atoms with E-state index in [1.807, 2.05) is 20.8 Å². The minimum Gasteiger partial charge on any atom is -0.484 e. The Balaban J connectivity index is 1.79. The molecular weight excluding hydrogens is 340 g/mol. The number of hydrazine groups is 1. The first kappa shape index (κ1) is 19.3. The SMILES string of the molecule is CC(C)=CC1C(C(=O)NNC(=O)COc2ccc(Cl)c(C)c2)C1(C)C. The molecule has 0 spiro atoms. The van der Waals surface area contributed by atoms with Gasteiger partial charge < -0.3 is 4.74 Å². The highest BCUT2D eigenvalue weighted by Gasteiger charge is 2.60. The van der Waals surface area contributed by atoms with Crippen molar-refractivity contribution >= 4 is 23.4 Å². The molecule has 0 bridgehead atoms. The number of amides is 2. The van der Waals surface area contributed by atoms with E-state index in [-0.39, 0.29) is 29.8 Å². The van der Waals surface area contributed by atoms with Crippen molar-refractivity contribution in [2.45, 2.75) is 34.6 Å². The Morgan fingerprint density at radius 1 is 1.28 bits per heavy atom. The van der Waals surface area contributed by atoms with Gasteiger partial charge in [-0.3, -0.25) is 20.4 Å². The van der Waals surface area contributed by atoms with Crippen LogP contribution in [-0.2, 0) is 9.59 Å². The number of aryl methyl sites for hydroxylation is 1. The van der Waals surface area contributed by atoms with Crippen LogP contribution in [0.5, 0.6) is 5.75 Å². The molecule has 2 N–H and O–H groups in total. The van der Waals surface area contributed by atoms with Crippen LogP contribution in [0.25, 0.3) is 0 Å². The Morgan fingerprint density at radius 3 is 2.56 bits per heavy atom. The molecule has 1 aliphatic carbocycles. The van der Waals surface area contributed by atoms with Crippen molar-refractivity contribution in [3.63, 3.8) is 0 Å². The van der Waals surface area contributed by atoms with E-state index in [2.05, 4.69) is 30.8 Å². The van der Waals surface area contributed by atoms with Crippen LogP contribution >= 0.6 is 11.6 Å². The number of nitrogens with one attached hydrogen (secondary N) is 2. The van der Waals surface area contributed by atoms with Crippen LogP contribution in [0.15, 0.2) is 29.8 Å². The molecule has 1 saturated carbocycles. The minimum atomic E-state index is -0.418. The van der Waals surface area contributed by atoms with Crippen LogP contribution in [0.2, 0.25) is 5.02 Å². The summed E-state index contributed by atoms with van der Waals surface area (Å²) in [6.07, 6.45) is 2.11. The van der Waals surface area contributed by atoms with E-state index in [1.165, 1.54) is 5.57 Å². The van der Waals surface area contributed by atoms with Gasteiger partial charge in [0.1, 0.15) is 5.75 Å². The normalized spacial score (nSPS) is 20.4. The molecule has 0 radical (unpaired) electrons. The molecule has 136 valence electrons. The molecule has 25 heavy (non-hydrogen) atoms. The van der Waals surface area contributed by atoms with Gasteiger partial charge in [-0.05, 0) is 55.9 Å². The van der Waals surface area contributed by atoms with Crippen LogP contribution in [-0.4, -0.2) is 18.4 Å². The van der Waals surface area contributed by atoms with Crippen molar-refractivity contribution in [2.75, 3.05) is 6.61 Å². The van der Waals surface area contributed by atoms with Gasteiger partial charge in [0.2, 0.25) is 5.91 Å². The van der Waals surface area contributed by atoms with Gasteiger partial charge in [0.15, 0.2) is 6.61 Å². The van der Waals surface area contributed by atoms with Crippen LogP contribution in [0.1, 0.15) is 33.3 Å². The first-order chi connectivity index (χ1) is 11.6. The average molecular weight is 365 g/mol. The monoisotopic (exact) mass is 364 g/mol. The van der Waals surface area contributed by atoms with Crippen molar-refractivity contribution in [3.05, 3.63) is 40.4 Å². The molecular formula is C19H25ClN2O3. The third-order valence-corrected chi connectivity index (χ3v) is 4.95. The maximum atomic E-state index is 12.3. The second kappa shape index (κ2) is 7.48. The first-order valence-corrected chi connectivity index (χ1v) is 8.63. The van der Waals surface area contributed by atoms with Crippen molar-refractivity contribution in [3.8, 4) is 5.75 Å². The Hall–Kier alpha value is -2.01. The summed E-state index contributed by atoms with van der Waals surface area (Å²) < 4.78 is 5.40. The van der Waals surface area contributed by atoms with E-state index in [0.29, 0.717) is 10.8 Å². The molecule has 2 amide bonds. The molecule has 6 heteroatoms. The topological polar surface area (TPSA) is 67.4 Å². The highest BCUT2D eigenvalue weighted by Crippen LogP contribution is 2.59. The average Bonchev–Trinajstić information content (AvgIpc) is 3.06. The zero-order valence-electron chi connectivity index (χ0n) is 15.3. The third kappa shape index (κ3) is 4.75. The molecule has 0 heterocycles. The Bertz CT molecular complexity index is 709. The van der Waals surface area contributed by atoms with E-state index in [0.717, 1.165) is 5.56 Å². The number of benzene rings is 1. The maximum absolute atomic E-state index is 12.3. The largest absolute Gasteiger partial charge is 0.484 e. The number of hydrogen-bond acceptors (Lipinski definition) is 3. The van der Waals surface area contributed by atoms with Gasteiger partial charge in [0.05, 0.1) is 5.92 Å². The molecule has 0 aromatic heterocycles. The fourth-order valence-corrected chi connectivity index (χ4v) is 3.07. The van der Waals surface area contributed by atoms with Gasteiger partial charge >= 0.3 is 0 Å². The quantitative estimate of drug-likeness (QED) is 0.621. The second-order valence-corrected chi connectivity index (χ2v) is 7.71. The summed E-state index contributed by atoms with van der Waals surface area (Å²) in [6.45, 7) is 9.80. The lowest BCUT2D eigenvalue weighted by molar-refractivity contribution is -0.131. The van der Waals surface area contributed by atoms with Gasteiger partial charge in [-0.2, -0.15) is 0 Å². The first-order valence-electron chi connectivity index (χ1n) is 8.25. The van der Waals surface area contributed by atoms with Crippen LogP contribution in [0.3, 0.4) is 0 Å². The summed E-state index contributed by atoms with van der Waals surface area (Å²) in [6, 6.07) is 5.16. The van der Waals surface area contributed by atoms with Gasteiger partial charge in [-0.25, -0.2) is 0 Å². The zero-order valence-corrected chi connectivity index (χ0v) is 16.0. The number of halogens is 1. The van der Waals surface area contributed by atoms with Crippen LogP contribution in [0.4, 0.5) is 0 Å². The Morgan fingerprint density at radius 2 is 1.96 bits per heavy atom. The van der Waals surface area contributed by atoms with Crippen molar-refractivity contribution in [2.24, 2.45) is 17.3 Å². The summed E-state index contributed by atoms with van der Waals surface area (Å²) in [4.78, 5) is 24.1. The van der Waals surface area contributed by atoms with Crippen LogP contribution in [0, 0.1) is 24.2 Å². The predicted molar refractivity (Wildman–Crippen MR) is 98.2 cm³/mol. The molecule has 0 saturated heterocycles. The molecule has 1 aromatic carbocycles. The highest BCUT2D eigenvalue weighted by molar-refractivity contribution is 6.31. The lowest BCUT2D eigenvalue weighted by atomic mass is 10.1.